The monoisotopic (exact) mass is 258 g/mol. The maximum Gasteiger partial charge on any atom is 0.273 e. The molecule has 0 radical (unpaired) electrons. The lowest BCUT2D eigenvalue weighted by Gasteiger charge is -2.08. The number of nitro benzene ring substituents is 1. The van der Waals surface area contributed by atoms with E-state index in [0.717, 1.165) is 0 Å². The van der Waals surface area contributed by atoms with Crippen LogP contribution in [0.5, 0.6) is 11.6 Å². The quantitative estimate of drug-likeness (QED) is 0.478. The van der Waals surface area contributed by atoms with Crippen molar-refractivity contribution in [2.45, 2.75) is 6.92 Å². The number of hydrogen-bond donors (Lipinski definition) is 0. The topological polar surface area (TPSA) is 82.3 Å². The van der Waals surface area contributed by atoms with Gasteiger partial charge >= 0.3 is 0 Å². The van der Waals surface area contributed by atoms with Crippen LogP contribution in [0.3, 0.4) is 0 Å². The number of benzene rings is 1. The van der Waals surface area contributed by atoms with Crippen molar-refractivity contribution in [2.24, 2.45) is 0 Å². The molecule has 0 fully saturated rings. The molecule has 19 heavy (non-hydrogen) atoms. The number of aldehydes is 1. The predicted molar refractivity (Wildman–Crippen MR) is 67.5 cm³/mol. The standard InChI is InChI=1S/C13H10N2O4/c1-9-4-5-11(15(17)18)7-12(9)19-13-10(8-16)3-2-6-14-13/h2-8H,1H3. The van der Waals surface area contributed by atoms with Crippen LogP contribution in [-0.2, 0) is 0 Å². The first-order chi connectivity index (χ1) is 9.11. The van der Waals surface area contributed by atoms with E-state index < -0.39 is 4.92 Å². The third-order valence-electron chi connectivity index (χ3n) is 2.52. The van der Waals surface area contributed by atoms with Crippen LogP contribution in [0.25, 0.3) is 0 Å². The molecule has 0 N–H and O–H groups in total. The fourth-order valence-electron chi connectivity index (χ4n) is 1.49. The molecule has 6 heteroatoms. The fourth-order valence-corrected chi connectivity index (χ4v) is 1.49. The predicted octanol–water partition coefficient (Wildman–Crippen LogP) is 2.90. The number of nitro groups is 1. The molecule has 0 saturated heterocycles. The van der Waals surface area contributed by atoms with Crippen molar-refractivity contribution in [3.63, 3.8) is 0 Å². The Bertz CT molecular complexity index is 640. The summed E-state index contributed by atoms with van der Waals surface area (Å²) in [5, 5.41) is 10.7. The van der Waals surface area contributed by atoms with Gasteiger partial charge in [-0.2, -0.15) is 0 Å². The Morgan fingerprint density at radius 1 is 1.37 bits per heavy atom. The zero-order valence-corrected chi connectivity index (χ0v) is 10.1. The lowest BCUT2D eigenvalue weighted by Crippen LogP contribution is -1.96. The van der Waals surface area contributed by atoms with E-state index in [-0.39, 0.29) is 17.1 Å². The number of aromatic nitrogens is 1. The Labute approximate surface area is 108 Å². The summed E-state index contributed by atoms with van der Waals surface area (Å²) in [6.07, 6.45) is 2.10. The highest BCUT2D eigenvalue weighted by Gasteiger charge is 2.12. The van der Waals surface area contributed by atoms with Crippen LogP contribution in [0.4, 0.5) is 5.69 Å². The number of hydrogen-bond acceptors (Lipinski definition) is 5. The number of ether oxygens (including phenoxy) is 1. The Hall–Kier alpha value is -2.76. The summed E-state index contributed by atoms with van der Waals surface area (Å²) in [6, 6.07) is 7.44. The number of nitrogens with zero attached hydrogens (tertiary/aromatic N) is 2. The lowest BCUT2D eigenvalue weighted by molar-refractivity contribution is -0.384. The number of carbonyl (C=O) groups excluding carboxylic acids is 1. The maximum absolute atomic E-state index is 10.8. The SMILES string of the molecule is Cc1ccc([N+](=O)[O-])cc1Oc1ncccc1C=O. The van der Waals surface area contributed by atoms with Crippen LogP contribution < -0.4 is 4.74 Å². The van der Waals surface area contributed by atoms with Gasteiger partial charge in [0.1, 0.15) is 5.75 Å². The van der Waals surface area contributed by atoms with E-state index in [2.05, 4.69) is 4.98 Å². The second-order valence-electron chi connectivity index (χ2n) is 3.82. The summed E-state index contributed by atoms with van der Waals surface area (Å²) in [5.41, 5.74) is 0.922. The molecule has 1 aromatic heterocycles. The Balaban J connectivity index is 2.40. The minimum atomic E-state index is -0.509. The van der Waals surface area contributed by atoms with Crippen molar-refractivity contribution >= 4 is 12.0 Å². The van der Waals surface area contributed by atoms with Crippen molar-refractivity contribution in [2.75, 3.05) is 0 Å². The van der Waals surface area contributed by atoms with Crippen molar-refractivity contribution < 1.29 is 14.5 Å². The van der Waals surface area contributed by atoms with Gasteiger partial charge in [-0.15, -0.1) is 0 Å². The summed E-state index contributed by atoms with van der Waals surface area (Å²) < 4.78 is 5.48. The first-order valence-electron chi connectivity index (χ1n) is 5.45. The first kappa shape index (κ1) is 12.7. The molecular formula is C13H10N2O4. The van der Waals surface area contributed by atoms with Gasteiger partial charge < -0.3 is 4.74 Å². The minimum absolute atomic E-state index is 0.0795. The average Bonchev–Trinajstić information content (AvgIpc) is 2.41. The molecule has 2 aromatic rings. The van der Waals surface area contributed by atoms with Crippen LogP contribution in [0, 0.1) is 17.0 Å². The van der Waals surface area contributed by atoms with Crippen molar-refractivity contribution in [1.82, 2.24) is 4.98 Å². The highest BCUT2D eigenvalue weighted by atomic mass is 16.6. The van der Waals surface area contributed by atoms with E-state index in [0.29, 0.717) is 17.6 Å². The Morgan fingerprint density at radius 3 is 2.84 bits per heavy atom. The second-order valence-corrected chi connectivity index (χ2v) is 3.82. The van der Waals surface area contributed by atoms with Gasteiger partial charge in [-0.05, 0) is 30.7 Å². The summed E-state index contributed by atoms with van der Waals surface area (Å²) in [7, 11) is 0. The molecule has 2 rings (SSSR count). The molecule has 96 valence electrons. The minimum Gasteiger partial charge on any atom is -0.438 e. The van der Waals surface area contributed by atoms with Crippen LogP contribution in [0.15, 0.2) is 36.5 Å². The highest BCUT2D eigenvalue weighted by molar-refractivity contribution is 5.78. The number of non-ortho nitro benzene ring substituents is 1. The highest BCUT2D eigenvalue weighted by Crippen LogP contribution is 2.28. The molecule has 1 aromatic carbocycles. The molecule has 1 heterocycles. The summed E-state index contributed by atoms with van der Waals surface area (Å²) in [5.74, 6) is 0.428. The van der Waals surface area contributed by atoms with Gasteiger partial charge in [0.2, 0.25) is 5.88 Å². The van der Waals surface area contributed by atoms with Crippen LogP contribution in [0.2, 0.25) is 0 Å². The number of pyridine rings is 1. The molecule has 0 spiro atoms. The normalized spacial score (nSPS) is 9.95. The fraction of sp³-hybridized carbons (Fsp3) is 0.0769. The second kappa shape index (κ2) is 5.26. The van der Waals surface area contributed by atoms with E-state index in [4.69, 9.17) is 4.74 Å². The molecule has 0 aliphatic carbocycles. The number of carbonyl (C=O) groups is 1. The molecule has 0 unspecified atom stereocenters. The molecule has 0 amide bonds. The number of aryl methyl sites for hydroxylation is 1. The molecule has 0 bridgehead atoms. The van der Waals surface area contributed by atoms with E-state index in [9.17, 15) is 14.9 Å². The molecule has 0 aliphatic heterocycles. The zero-order valence-electron chi connectivity index (χ0n) is 10.1. The van der Waals surface area contributed by atoms with Crippen molar-refractivity contribution in [3.05, 3.63) is 57.8 Å². The molecule has 6 nitrogen and oxygen atoms in total. The van der Waals surface area contributed by atoms with Crippen LogP contribution in [-0.4, -0.2) is 16.2 Å². The molecule has 0 aliphatic rings. The third kappa shape index (κ3) is 2.74. The van der Waals surface area contributed by atoms with E-state index in [1.807, 2.05) is 0 Å². The van der Waals surface area contributed by atoms with Crippen LogP contribution in [0.1, 0.15) is 15.9 Å². The first-order valence-corrected chi connectivity index (χ1v) is 5.45. The smallest absolute Gasteiger partial charge is 0.273 e. The molecule has 0 atom stereocenters. The largest absolute Gasteiger partial charge is 0.438 e. The average molecular weight is 258 g/mol. The van der Waals surface area contributed by atoms with E-state index in [1.54, 1.807) is 25.1 Å². The summed E-state index contributed by atoms with van der Waals surface area (Å²) in [6.45, 7) is 1.75. The van der Waals surface area contributed by atoms with Crippen molar-refractivity contribution in [3.8, 4) is 11.6 Å². The van der Waals surface area contributed by atoms with Gasteiger partial charge in [0.05, 0.1) is 16.6 Å². The lowest BCUT2D eigenvalue weighted by atomic mass is 10.2. The van der Waals surface area contributed by atoms with Gasteiger partial charge in [-0.1, -0.05) is 0 Å². The van der Waals surface area contributed by atoms with Gasteiger partial charge in [0, 0.05) is 12.3 Å². The summed E-state index contributed by atoms with van der Waals surface area (Å²) >= 11 is 0. The maximum atomic E-state index is 10.8. The van der Waals surface area contributed by atoms with Gasteiger partial charge in [0.15, 0.2) is 6.29 Å². The zero-order chi connectivity index (χ0) is 13.8. The van der Waals surface area contributed by atoms with Crippen molar-refractivity contribution in [1.29, 1.82) is 0 Å². The summed E-state index contributed by atoms with van der Waals surface area (Å²) in [4.78, 5) is 25.0. The van der Waals surface area contributed by atoms with Crippen LogP contribution >= 0.6 is 0 Å². The van der Waals surface area contributed by atoms with E-state index in [1.165, 1.54) is 18.3 Å². The molecular weight excluding hydrogens is 248 g/mol. The van der Waals surface area contributed by atoms with Gasteiger partial charge in [-0.3, -0.25) is 14.9 Å². The Morgan fingerprint density at radius 2 is 2.16 bits per heavy atom. The number of rotatable bonds is 4. The van der Waals surface area contributed by atoms with Gasteiger partial charge in [0.25, 0.3) is 5.69 Å². The van der Waals surface area contributed by atoms with E-state index >= 15 is 0 Å². The Kier molecular flexibility index (Phi) is 3.51. The van der Waals surface area contributed by atoms with Gasteiger partial charge in [-0.25, -0.2) is 4.98 Å². The third-order valence-corrected chi connectivity index (χ3v) is 2.52. The molecule has 0 saturated carbocycles.